The molecule has 0 N–H and O–H groups in total. The highest BCUT2D eigenvalue weighted by Crippen LogP contribution is 2.56. The Kier molecular flexibility index (Phi) is 5.45. The van der Waals surface area contributed by atoms with Gasteiger partial charge in [0.2, 0.25) is 0 Å². The van der Waals surface area contributed by atoms with Crippen molar-refractivity contribution in [2.75, 3.05) is 9.80 Å². The zero-order valence-corrected chi connectivity index (χ0v) is 23.3. The van der Waals surface area contributed by atoms with Crippen molar-refractivity contribution in [3.63, 3.8) is 0 Å². The lowest BCUT2D eigenvalue weighted by atomic mass is 9.83. The number of nitrogens with zero attached hydrogens (tertiary/aromatic N) is 2. The number of benzene rings is 4. The van der Waals surface area contributed by atoms with E-state index in [4.69, 9.17) is 0 Å². The molecule has 4 aromatic rings. The Balaban J connectivity index is 1.21. The van der Waals surface area contributed by atoms with E-state index in [1.54, 1.807) is 0 Å². The predicted octanol–water partition coefficient (Wildman–Crippen LogP) is 8.61. The fraction of sp³-hybridized carbons (Fsp3) is 0.324. The minimum absolute atomic E-state index is 0.237. The summed E-state index contributed by atoms with van der Waals surface area (Å²) in [5.41, 5.74) is 10.3. The van der Waals surface area contributed by atoms with Crippen LogP contribution in [0, 0.1) is 11.8 Å². The number of rotatable bonds is 6. The Morgan fingerprint density at radius 1 is 0.550 bits per heavy atom. The number of Topliss-reactive ketones (excluding diaryl/α,β-unsaturated/α-hetero) is 1. The van der Waals surface area contributed by atoms with Crippen LogP contribution in [0.1, 0.15) is 62.7 Å². The second-order valence-corrected chi connectivity index (χ2v) is 12.3. The number of para-hydroxylation sites is 2. The van der Waals surface area contributed by atoms with Gasteiger partial charge in [-0.25, -0.2) is 0 Å². The van der Waals surface area contributed by atoms with Gasteiger partial charge in [0, 0.05) is 22.5 Å². The quantitative estimate of drug-likeness (QED) is 0.252. The van der Waals surface area contributed by atoms with Gasteiger partial charge >= 0.3 is 0 Å². The Hall–Kier alpha value is -3.85. The molecule has 4 atom stereocenters. The molecule has 200 valence electrons. The number of anilines is 2. The lowest BCUT2D eigenvalue weighted by Gasteiger charge is -2.47. The van der Waals surface area contributed by atoms with Crippen molar-refractivity contribution in [3.8, 4) is 22.3 Å². The molecule has 4 aliphatic rings. The SMILES string of the molecule is CC(C(=O)C(C)N1c2ccccc2-c2ccccc2C1C1CC1)N1c2ccccc2-c2ccccc2C1C1CC1. The third-order valence-electron chi connectivity index (χ3n) is 9.90. The van der Waals surface area contributed by atoms with E-state index in [1.807, 2.05) is 0 Å². The molecule has 0 saturated heterocycles. The van der Waals surface area contributed by atoms with E-state index in [-0.39, 0.29) is 24.2 Å². The predicted molar refractivity (Wildman–Crippen MR) is 164 cm³/mol. The molecule has 0 radical (unpaired) electrons. The second kappa shape index (κ2) is 9.09. The fourth-order valence-corrected chi connectivity index (χ4v) is 7.76. The van der Waals surface area contributed by atoms with E-state index >= 15 is 0 Å². The Morgan fingerprint density at radius 2 is 0.900 bits per heavy atom. The molecular formula is C37H36N2O. The molecule has 4 unspecified atom stereocenters. The Morgan fingerprint density at radius 3 is 1.30 bits per heavy atom. The molecule has 3 nitrogen and oxygen atoms in total. The summed E-state index contributed by atoms with van der Waals surface area (Å²) in [6.45, 7) is 4.32. The van der Waals surface area contributed by atoms with Gasteiger partial charge < -0.3 is 9.80 Å². The van der Waals surface area contributed by atoms with Crippen LogP contribution in [0.3, 0.4) is 0 Å². The lowest BCUT2D eigenvalue weighted by molar-refractivity contribution is -0.121. The number of hydrogen-bond donors (Lipinski definition) is 0. The summed E-state index contributed by atoms with van der Waals surface area (Å²) < 4.78 is 0. The molecule has 0 bridgehead atoms. The first-order valence-corrected chi connectivity index (χ1v) is 15.1. The molecule has 4 aromatic carbocycles. The molecule has 0 aromatic heterocycles. The Labute approximate surface area is 237 Å². The summed E-state index contributed by atoms with van der Waals surface area (Å²) in [6, 6.07) is 35.2. The zero-order chi connectivity index (χ0) is 27.0. The summed E-state index contributed by atoms with van der Waals surface area (Å²) in [7, 11) is 0. The molecular weight excluding hydrogens is 488 g/mol. The molecule has 0 amide bonds. The summed E-state index contributed by atoms with van der Waals surface area (Å²) in [5, 5.41) is 0. The van der Waals surface area contributed by atoms with E-state index in [9.17, 15) is 4.79 Å². The first-order chi connectivity index (χ1) is 19.6. The first-order valence-electron chi connectivity index (χ1n) is 15.1. The van der Waals surface area contributed by atoms with Gasteiger partial charge in [-0.2, -0.15) is 0 Å². The maximum absolute atomic E-state index is 14.8. The minimum atomic E-state index is -0.237. The van der Waals surface area contributed by atoms with Crippen LogP contribution >= 0.6 is 0 Å². The highest BCUT2D eigenvalue weighted by atomic mass is 16.1. The van der Waals surface area contributed by atoms with Gasteiger partial charge in [-0.3, -0.25) is 4.79 Å². The molecule has 8 rings (SSSR count). The third kappa shape index (κ3) is 3.60. The van der Waals surface area contributed by atoms with Crippen molar-refractivity contribution >= 4 is 17.2 Å². The largest absolute Gasteiger partial charge is 0.354 e. The monoisotopic (exact) mass is 524 g/mol. The average Bonchev–Trinajstić information content (AvgIpc) is 3.93. The van der Waals surface area contributed by atoms with Crippen molar-refractivity contribution in [2.24, 2.45) is 11.8 Å². The highest BCUT2D eigenvalue weighted by Gasteiger charge is 2.48. The third-order valence-corrected chi connectivity index (χ3v) is 9.90. The number of fused-ring (bicyclic) bond motifs is 6. The molecule has 0 spiro atoms. The standard InChI is InChI=1S/C37H36N2O/c1-23(38-33-17-9-7-13-29(33)27-11-3-5-15-31(27)35(38)25-19-20-25)37(40)24(2)39-34-18-10-8-14-30(34)28-12-4-6-16-32(28)36(39)26-21-22-26/h3-18,23-26,35-36H,19-22H2,1-2H3. The van der Waals surface area contributed by atoms with Crippen molar-refractivity contribution in [3.05, 3.63) is 108 Å². The first kappa shape index (κ1) is 24.0. The smallest absolute Gasteiger partial charge is 0.176 e. The van der Waals surface area contributed by atoms with Gasteiger partial charge in [0.05, 0.1) is 24.2 Å². The molecule has 2 aliphatic carbocycles. The van der Waals surface area contributed by atoms with E-state index in [0.29, 0.717) is 17.6 Å². The van der Waals surface area contributed by atoms with E-state index in [1.165, 1.54) is 70.4 Å². The van der Waals surface area contributed by atoms with Crippen LogP contribution in [-0.2, 0) is 4.79 Å². The van der Waals surface area contributed by atoms with Crippen LogP contribution in [0.5, 0.6) is 0 Å². The number of hydrogen-bond acceptors (Lipinski definition) is 3. The number of ketones is 1. The van der Waals surface area contributed by atoms with Gasteiger partial charge in [0.15, 0.2) is 5.78 Å². The maximum atomic E-state index is 14.8. The second-order valence-electron chi connectivity index (χ2n) is 12.3. The number of carbonyl (C=O) groups is 1. The highest BCUT2D eigenvalue weighted by molar-refractivity contribution is 5.98. The van der Waals surface area contributed by atoms with Gasteiger partial charge in [0.1, 0.15) is 0 Å². The van der Waals surface area contributed by atoms with E-state index in [2.05, 4.69) is 121 Å². The number of carbonyl (C=O) groups excluding carboxylic acids is 1. The van der Waals surface area contributed by atoms with Crippen LogP contribution in [0.15, 0.2) is 97.1 Å². The zero-order valence-electron chi connectivity index (χ0n) is 23.3. The minimum Gasteiger partial charge on any atom is -0.354 e. The molecule has 40 heavy (non-hydrogen) atoms. The van der Waals surface area contributed by atoms with Crippen molar-refractivity contribution in [1.29, 1.82) is 0 Å². The van der Waals surface area contributed by atoms with Crippen LogP contribution in [-0.4, -0.2) is 17.9 Å². The van der Waals surface area contributed by atoms with Gasteiger partial charge in [-0.15, -0.1) is 0 Å². The van der Waals surface area contributed by atoms with Gasteiger partial charge in [0.25, 0.3) is 0 Å². The Bertz CT molecular complexity index is 1500. The van der Waals surface area contributed by atoms with Crippen LogP contribution in [0.4, 0.5) is 11.4 Å². The van der Waals surface area contributed by atoms with Crippen LogP contribution < -0.4 is 9.80 Å². The van der Waals surface area contributed by atoms with Crippen LogP contribution in [0.25, 0.3) is 22.3 Å². The van der Waals surface area contributed by atoms with Gasteiger partial charge in [-0.05, 0) is 85.8 Å². The van der Waals surface area contributed by atoms with Crippen molar-refractivity contribution in [2.45, 2.75) is 63.7 Å². The van der Waals surface area contributed by atoms with Crippen molar-refractivity contribution < 1.29 is 4.79 Å². The topological polar surface area (TPSA) is 23.6 Å². The summed E-state index contributed by atoms with van der Waals surface area (Å²) in [6.07, 6.45) is 4.92. The summed E-state index contributed by atoms with van der Waals surface area (Å²) >= 11 is 0. The van der Waals surface area contributed by atoms with Crippen LogP contribution in [0.2, 0.25) is 0 Å². The summed E-state index contributed by atoms with van der Waals surface area (Å²) in [5.74, 6) is 1.50. The van der Waals surface area contributed by atoms with Crippen molar-refractivity contribution in [1.82, 2.24) is 0 Å². The molecule has 2 heterocycles. The molecule has 2 fully saturated rings. The lowest BCUT2D eigenvalue weighted by Crippen LogP contribution is -2.53. The van der Waals surface area contributed by atoms with E-state index in [0.717, 1.165) is 0 Å². The fourth-order valence-electron chi connectivity index (χ4n) is 7.76. The van der Waals surface area contributed by atoms with E-state index < -0.39 is 0 Å². The maximum Gasteiger partial charge on any atom is 0.176 e. The summed E-state index contributed by atoms with van der Waals surface area (Å²) in [4.78, 5) is 19.8. The molecule has 2 aliphatic heterocycles. The molecule has 3 heteroatoms. The van der Waals surface area contributed by atoms with Gasteiger partial charge in [-0.1, -0.05) is 84.9 Å². The average molecular weight is 525 g/mol. The normalized spacial score (nSPS) is 22.4. The molecule has 2 saturated carbocycles.